The average molecular weight is 391 g/mol. The third-order valence-electron chi connectivity index (χ3n) is 4.42. The van der Waals surface area contributed by atoms with Crippen LogP contribution in [0, 0.1) is 5.92 Å². The summed E-state index contributed by atoms with van der Waals surface area (Å²) in [6, 6.07) is 10.4. The number of anilines is 1. The molecule has 1 aliphatic heterocycles. The van der Waals surface area contributed by atoms with Crippen molar-refractivity contribution in [2.75, 3.05) is 11.4 Å². The molecular formula is C20H16F3NO4. The number of hydrogen-bond acceptors (Lipinski definition) is 4. The maximum atomic E-state index is 12.9. The molecule has 0 unspecified atom stereocenters. The van der Waals surface area contributed by atoms with E-state index in [0.717, 1.165) is 17.0 Å². The van der Waals surface area contributed by atoms with Crippen molar-refractivity contribution < 1.29 is 32.3 Å². The van der Waals surface area contributed by atoms with Crippen LogP contribution in [0.3, 0.4) is 0 Å². The first-order valence-corrected chi connectivity index (χ1v) is 8.45. The SMILES string of the molecule is CC(=O)c1ccc(OC(=O)[C@@H]2CC(=O)N(c3cccc(C(F)(F)F)c3)C2)cc1. The molecule has 0 aliphatic carbocycles. The number of carbonyl (C=O) groups is 3. The quantitative estimate of drug-likeness (QED) is 0.451. The number of nitrogens with zero attached hydrogens (tertiary/aromatic N) is 1. The predicted octanol–water partition coefficient (Wildman–Crippen LogP) is 3.87. The molecule has 8 heteroatoms. The number of alkyl halides is 3. The fraction of sp³-hybridized carbons (Fsp3) is 0.250. The van der Waals surface area contributed by atoms with Gasteiger partial charge >= 0.3 is 12.1 Å². The number of hydrogen-bond donors (Lipinski definition) is 0. The van der Waals surface area contributed by atoms with Crippen molar-refractivity contribution in [3.05, 3.63) is 59.7 Å². The highest BCUT2D eigenvalue weighted by Crippen LogP contribution is 2.33. The van der Waals surface area contributed by atoms with E-state index in [9.17, 15) is 27.6 Å². The van der Waals surface area contributed by atoms with Gasteiger partial charge in [0.25, 0.3) is 0 Å². The largest absolute Gasteiger partial charge is 0.426 e. The summed E-state index contributed by atoms with van der Waals surface area (Å²) >= 11 is 0. The molecule has 1 atom stereocenters. The molecule has 1 fully saturated rings. The third-order valence-corrected chi connectivity index (χ3v) is 4.42. The number of amides is 1. The van der Waals surface area contributed by atoms with Crippen LogP contribution in [0.2, 0.25) is 0 Å². The van der Waals surface area contributed by atoms with Crippen molar-refractivity contribution >= 4 is 23.3 Å². The van der Waals surface area contributed by atoms with E-state index < -0.39 is 29.5 Å². The minimum atomic E-state index is -4.52. The fourth-order valence-corrected chi connectivity index (χ4v) is 2.92. The van der Waals surface area contributed by atoms with Gasteiger partial charge in [0.1, 0.15) is 5.75 Å². The first kappa shape index (κ1) is 19.6. The molecule has 0 aromatic heterocycles. The molecule has 0 spiro atoms. The van der Waals surface area contributed by atoms with E-state index in [1.165, 1.54) is 43.3 Å². The lowest BCUT2D eigenvalue weighted by Crippen LogP contribution is -2.27. The highest BCUT2D eigenvalue weighted by molar-refractivity contribution is 5.99. The zero-order valence-corrected chi connectivity index (χ0v) is 14.8. The van der Waals surface area contributed by atoms with Crippen LogP contribution in [0.15, 0.2) is 48.5 Å². The van der Waals surface area contributed by atoms with Crippen LogP contribution in [0.1, 0.15) is 29.3 Å². The number of rotatable bonds is 4. The smallest absolute Gasteiger partial charge is 0.416 e. The lowest BCUT2D eigenvalue weighted by Gasteiger charge is -2.18. The van der Waals surface area contributed by atoms with Crippen molar-refractivity contribution in [3.8, 4) is 5.75 Å². The molecule has 5 nitrogen and oxygen atoms in total. The van der Waals surface area contributed by atoms with Gasteiger partial charge in [-0.1, -0.05) is 6.07 Å². The third kappa shape index (κ3) is 4.21. The molecular weight excluding hydrogens is 375 g/mol. The van der Waals surface area contributed by atoms with Gasteiger partial charge in [-0.15, -0.1) is 0 Å². The van der Waals surface area contributed by atoms with E-state index in [1.54, 1.807) is 0 Å². The minimum absolute atomic E-state index is 0.0650. The van der Waals surface area contributed by atoms with Crippen molar-refractivity contribution in [1.82, 2.24) is 0 Å². The summed E-state index contributed by atoms with van der Waals surface area (Å²) in [5, 5.41) is 0. The summed E-state index contributed by atoms with van der Waals surface area (Å²) in [5.41, 5.74) is -0.318. The standard InChI is InChI=1S/C20H16F3NO4/c1-12(25)13-5-7-17(8-6-13)28-19(27)14-9-18(26)24(11-14)16-4-2-3-15(10-16)20(21,22)23/h2-8,10,14H,9,11H2,1H3/t14-/m1/s1. The number of carbonyl (C=O) groups excluding carboxylic acids is 3. The molecule has 1 saturated heterocycles. The summed E-state index contributed by atoms with van der Waals surface area (Å²) in [6.45, 7) is 1.35. The second-order valence-electron chi connectivity index (χ2n) is 6.46. The molecule has 2 aromatic carbocycles. The van der Waals surface area contributed by atoms with Gasteiger partial charge in [0.15, 0.2) is 5.78 Å². The van der Waals surface area contributed by atoms with Crippen LogP contribution in [0.5, 0.6) is 5.75 Å². The molecule has 28 heavy (non-hydrogen) atoms. The zero-order valence-electron chi connectivity index (χ0n) is 14.8. The van der Waals surface area contributed by atoms with Crippen LogP contribution in [-0.4, -0.2) is 24.2 Å². The Morgan fingerprint density at radius 2 is 1.79 bits per heavy atom. The van der Waals surface area contributed by atoms with Gasteiger partial charge in [0.05, 0.1) is 11.5 Å². The van der Waals surface area contributed by atoms with Crippen molar-refractivity contribution in [2.45, 2.75) is 19.5 Å². The van der Waals surface area contributed by atoms with Gasteiger partial charge in [-0.25, -0.2) is 0 Å². The van der Waals surface area contributed by atoms with Crippen LogP contribution in [0.4, 0.5) is 18.9 Å². The number of esters is 1. The molecule has 0 radical (unpaired) electrons. The first-order valence-electron chi connectivity index (χ1n) is 8.45. The van der Waals surface area contributed by atoms with E-state index in [-0.39, 0.29) is 30.2 Å². The highest BCUT2D eigenvalue weighted by atomic mass is 19.4. The van der Waals surface area contributed by atoms with Gasteiger partial charge in [-0.05, 0) is 49.4 Å². The Hall–Kier alpha value is -3.16. The van der Waals surface area contributed by atoms with Crippen LogP contribution < -0.4 is 9.64 Å². The summed E-state index contributed by atoms with van der Waals surface area (Å²) in [6.07, 6.45) is -4.68. The lowest BCUT2D eigenvalue weighted by molar-refractivity contribution is -0.139. The molecule has 0 bridgehead atoms. The van der Waals surface area contributed by atoms with Crippen molar-refractivity contribution in [3.63, 3.8) is 0 Å². The highest BCUT2D eigenvalue weighted by Gasteiger charge is 2.37. The number of halogens is 3. The molecule has 3 rings (SSSR count). The Morgan fingerprint density at radius 1 is 1.11 bits per heavy atom. The van der Waals surface area contributed by atoms with Gasteiger partial charge in [0.2, 0.25) is 5.91 Å². The minimum Gasteiger partial charge on any atom is -0.426 e. The second kappa shape index (κ2) is 7.46. The van der Waals surface area contributed by atoms with Crippen LogP contribution >= 0.6 is 0 Å². The molecule has 0 saturated carbocycles. The van der Waals surface area contributed by atoms with Gasteiger partial charge < -0.3 is 9.64 Å². The van der Waals surface area contributed by atoms with E-state index in [0.29, 0.717) is 5.56 Å². The molecule has 1 amide bonds. The van der Waals surface area contributed by atoms with E-state index >= 15 is 0 Å². The Morgan fingerprint density at radius 3 is 2.39 bits per heavy atom. The van der Waals surface area contributed by atoms with Crippen LogP contribution in [-0.2, 0) is 15.8 Å². The fourth-order valence-electron chi connectivity index (χ4n) is 2.92. The number of benzene rings is 2. The van der Waals surface area contributed by atoms with Gasteiger partial charge in [0, 0.05) is 24.2 Å². The normalized spacial score (nSPS) is 16.9. The van der Waals surface area contributed by atoms with Crippen molar-refractivity contribution in [2.24, 2.45) is 5.92 Å². The Bertz CT molecular complexity index is 922. The second-order valence-corrected chi connectivity index (χ2v) is 6.46. The van der Waals surface area contributed by atoms with Crippen LogP contribution in [0.25, 0.3) is 0 Å². The summed E-state index contributed by atoms with van der Waals surface area (Å²) in [5.74, 6) is -1.81. The Balaban J connectivity index is 1.70. The maximum Gasteiger partial charge on any atom is 0.416 e. The Labute approximate surface area is 158 Å². The van der Waals surface area contributed by atoms with E-state index in [2.05, 4.69) is 0 Å². The van der Waals surface area contributed by atoms with Gasteiger partial charge in [-0.3, -0.25) is 14.4 Å². The predicted molar refractivity (Wildman–Crippen MR) is 94.0 cm³/mol. The topological polar surface area (TPSA) is 63.7 Å². The maximum absolute atomic E-state index is 12.9. The molecule has 1 heterocycles. The monoisotopic (exact) mass is 391 g/mol. The lowest BCUT2D eigenvalue weighted by atomic mass is 10.1. The molecule has 1 aliphatic rings. The first-order chi connectivity index (χ1) is 13.1. The number of Topliss-reactive ketones (excluding diaryl/α,β-unsaturated/α-hetero) is 1. The Kier molecular flexibility index (Phi) is 5.22. The summed E-state index contributed by atoms with van der Waals surface area (Å²) in [4.78, 5) is 37.0. The number of ketones is 1. The molecule has 0 N–H and O–H groups in total. The average Bonchev–Trinajstić information content (AvgIpc) is 3.03. The van der Waals surface area contributed by atoms with E-state index in [4.69, 9.17) is 4.74 Å². The zero-order chi connectivity index (χ0) is 20.5. The number of ether oxygens (including phenoxy) is 1. The molecule has 2 aromatic rings. The molecule has 146 valence electrons. The summed E-state index contributed by atoms with van der Waals surface area (Å²) in [7, 11) is 0. The van der Waals surface area contributed by atoms with Gasteiger partial charge in [-0.2, -0.15) is 13.2 Å². The van der Waals surface area contributed by atoms with Crippen molar-refractivity contribution in [1.29, 1.82) is 0 Å². The summed E-state index contributed by atoms with van der Waals surface area (Å²) < 4.78 is 43.9. The van der Waals surface area contributed by atoms with E-state index in [1.807, 2.05) is 0 Å².